The summed E-state index contributed by atoms with van der Waals surface area (Å²) in [5, 5.41) is 5.69. The Morgan fingerprint density at radius 3 is 2.29 bits per heavy atom. The zero-order valence-corrected chi connectivity index (χ0v) is 39.0. The number of H-pyrrole nitrogens is 1. The summed E-state index contributed by atoms with van der Waals surface area (Å²) in [6.07, 6.45) is 7.12. The van der Waals surface area contributed by atoms with Crippen molar-refractivity contribution in [3.63, 3.8) is 0 Å². The summed E-state index contributed by atoms with van der Waals surface area (Å²) >= 11 is 0. The number of aromatic amines is 1. The van der Waals surface area contributed by atoms with E-state index < -0.39 is 48.7 Å². The number of unbranched alkanes of at least 4 members (excludes halogenated alkanes) is 3. The van der Waals surface area contributed by atoms with Gasteiger partial charge >= 0.3 is 13.3 Å². The highest BCUT2D eigenvalue weighted by molar-refractivity contribution is 7.71. The van der Waals surface area contributed by atoms with E-state index in [0.29, 0.717) is 35.7 Å². The van der Waals surface area contributed by atoms with Crippen LogP contribution in [-0.2, 0) is 61.0 Å². The maximum Gasteiger partial charge on any atom is 0.399 e. The highest BCUT2D eigenvalue weighted by Gasteiger charge is 2.45. The molecule has 2 aromatic heterocycles. The lowest BCUT2D eigenvalue weighted by Gasteiger charge is -2.29. The number of hydrogen-bond acceptors (Lipinski definition) is 9. The van der Waals surface area contributed by atoms with Crippen LogP contribution in [0, 0.1) is 0 Å². The van der Waals surface area contributed by atoms with Gasteiger partial charge in [-0.1, -0.05) is 31.0 Å². The lowest BCUT2D eigenvalue weighted by Crippen LogP contribution is -2.54. The second kappa shape index (κ2) is 17.9. The quantitative estimate of drug-likeness (QED) is 0.0633. The van der Waals surface area contributed by atoms with Crippen LogP contribution in [0.4, 0.5) is 5.69 Å². The van der Waals surface area contributed by atoms with Crippen molar-refractivity contribution in [3.05, 3.63) is 98.6 Å². The van der Waals surface area contributed by atoms with Crippen LogP contribution in [0.3, 0.4) is 0 Å². The van der Waals surface area contributed by atoms with Gasteiger partial charge in [0.05, 0.1) is 22.3 Å². The van der Waals surface area contributed by atoms with Crippen LogP contribution in [-0.4, -0.2) is 90.8 Å². The Morgan fingerprint density at radius 1 is 0.879 bits per heavy atom. The van der Waals surface area contributed by atoms with Crippen LogP contribution in [0.15, 0.2) is 59.4 Å². The molecule has 1 fully saturated rings. The molecule has 18 heteroatoms. The average Bonchev–Trinajstić information content (AvgIpc) is 3.90. The third kappa shape index (κ3) is 9.16. The van der Waals surface area contributed by atoms with Crippen molar-refractivity contribution >= 4 is 70.3 Å². The summed E-state index contributed by atoms with van der Waals surface area (Å²) in [6.45, 7) is 4.71. The number of carbonyl (C=O) groups excluding carboxylic acids is 6. The van der Waals surface area contributed by atoms with E-state index in [2.05, 4.69) is 27.8 Å². The predicted molar refractivity (Wildman–Crippen MR) is 247 cm³/mol. The second-order valence-corrected chi connectivity index (χ2v) is 20.5. The summed E-state index contributed by atoms with van der Waals surface area (Å²) < 4.78 is 21.0. The van der Waals surface area contributed by atoms with E-state index in [0.717, 1.165) is 72.0 Å². The van der Waals surface area contributed by atoms with Crippen LogP contribution in [0.2, 0.25) is 0 Å². The van der Waals surface area contributed by atoms with E-state index >= 15 is 0 Å². The maximum absolute atomic E-state index is 14.4. The van der Waals surface area contributed by atoms with Gasteiger partial charge in [-0.15, -0.1) is 0 Å². The number of benzene rings is 3. The maximum atomic E-state index is 14.4. The number of aryl methyl sites for hydroxylation is 4. The first kappa shape index (κ1) is 46.4. The molecule has 0 saturated carbocycles. The fourth-order valence-corrected chi connectivity index (χ4v) is 10.9. The Morgan fingerprint density at radius 2 is 1.59 bits per heavy atom. The summed E-state index contributed by atoms with van der Waals surface area (Å²) in [4.78, 5) is 109. The van der Waals surface area contributed by atoms with Gasteiger partial charge in [0.25, 0.3) is 11.4 Å². The monoisotopic (exact) mass is 921 g/mol. The smallest absolute Gasteiger partial charge is 0.351 e. The van der Waals surface area contributed by atoms with E-state index in [1.807, 2.05) is 18.2 Å². The predicted octanol–water partition coefficient (Wildman–Crippen LogP) is 5.38. The van der Waals surface area contributed by atoms with Crippen molar-refractivity contribution in [2.45, 2.75) is 115 Å². The van der Waals surface area contributed by atoms with Crippen LogP contribution in [0.1, 0.15) is 115 Å². The molecule has 348 valence electrons. The van der Waals surface area contributed by atoms with Gasteiger partial charge in [-0.25, -0.2) is 4.79 Å². The molecule has 4 N–H and O–H groups in total. The number of carbonyl (C=O) groups is 6. The van der Waals surface area contributed by atoms with Crippen LogP contribution >= 0.6 is 7.60 Å². The molecule has 3 aliphatic rings. The minimum atomic E-state index is -4.66. The number of hydrogen-bond donors (Lipinski definition) is 4. The first-order valence-corrected chi connectivity index (χ1v) is 24.0. The van der Waals surface area contributed by atoms with Crippen LogP contribution in [0.5, 0.6) is 0 Å². The molecule has 8 rings (SSSR count). The van der Waals surface area contributed by atoms with Crippen molar-refractivity contribution < 1.29 is 42.7 Å². The van der Waals surface area contributed by atoms with E-state index in [1.54, 1.807) is 51.4 Å². The van der Waals surface area contributed by atoms with Crippen molar-refractivity contribution in [2.75, 3.05) is 19.0 Å². The van der Waals surface area contributed by atoms with E-state index in [-0.39, 0.29) is 47.5 Å². The number of piperidine rings is 1. The van der Waals surface area contributed by atoms with Gasteiger partial charge < -0.3 is 20.1 Å². The third-order valence-corrected chi connectivity index (χ3v) is 14.3. The lowest BCUT2D eigenvalue weighted by molar-refractivity contribution is -0.135. The third-order valence-electron chi connectivity index (χ3n) is 12.7. The number of rotatable bonds is 14. The Bertz CT molecular complexity index is 2940. The summed E-state index contributed by atoms with van der Waals surface area (Å²) in [5.41, 5.74) is 4.44. The van der Waals surface area contributed by atoms with E-state index in [1.165, 1.54) is 33.7 Å². The van der Waals surface area contributed by atoms with Gasteiger partial charge in [-0.05, 0) is 124 Å². The first-order valence-electron chi connectivity index (χ1n) is 22.5. The Balaban J connectivity index is 0.910. The zero-order valence-electron chi connectivity index (χ0n) is 38.1. The van der Waals surface area contributed by atoms with Crippen LogP contribution in [0.25, 0.3) is 21.9 Å². The Hall–Kier alpha value is -6.16. The molecule has 5 aromatic rings. The molecule has 0 spiro atoms. The number of anilines is 1. The van der Waals surface area contributed by atoms with Gasteiger partial charge in [0, 0.05) is 50.5 Å². The molecule has 2 unspecified atom stereocenters. The molecular formula is C48H56N7O10P. The molecule has 3 aliphatic heterocycles. The van der Waals surface area contributed by atoms with Gasteiger partial charge in [-0.2, -0.15) is 0 Å². The Labute approximate surface area is 381 Å². The molecular weight excluding hydrogens is 866 g/mol. The van der Waals surface area contributed by atoms with Crippen molar-refractivity contribution in [1.82, 2.24) is 29.7 Å². The number of likely N-dealkylation sites (N-methyl/N-ethyl adjacent to an activating group) is 1. The first-order chi connectivity index (χ1) is 31.2. The Kier molecular flexibility index (Phi) is 12.6. The number of nitrogens with zero attached hydrogens (tertiary/aromatic N) is 4. The number of nitrogens with one attached hydrogen (secondary N) is 3. The molecule has 66 heavy (non-hydrogen) atoms. The summed E-state index contributed by atoms with van der Waals surface area (Å²) in [5.74, 6) is -1.93. The minimum Gasteiger partial charge on any atom is -0.351 e. The fourth-order valence-electron chi connectivity index (χ4n) is 9.58. The molecule has 3 aromatic carbocycles. The number of amides is 5. The molecule has 0 bridgehead atoms. The number of aromatic nitrogens is 3. The van der Waals surface area contributed by atoms with Gasteiger partial charge in [0.2, 0.25) is 23.6 Å². The van der Waals surface area contributed by atoms with E-state index in [4.69, 9.17) is 4.52 Å². The van der Waals surface area contributed by atoms with Crippen LogP contribution < -0.4 is 21.2 Å². The van der Waals surface area contributed by atoms with Gasteiger partial charge in [0.1, 0.15) is 23.8 Å². The topological polar surface area (TPSA) is 222 Å². The molecule has 1 saturated heterocycles. The second-order valence-electron chi connectivity index (χ2n) is 18.9. The standard InChI is InChI=1S/C48H56N7O10P/c1-48(2,3)65-66(63,64)46(61)30-15-16-33-31(24-30)25-35(49-33)42(57)50-34-17-14-29-21-28(22-32-26-39(45(60)52(4)5)55(41(29)32)44(34)59)12-10-8-7-9-11-27-13-18-36-38(23-27)53(6)47(62)54(36)37-19-20-40(56)51-43(37)58/h13,15-16,18,21-25,34,37,39,49H,7-12,14,17,19-20,26H2,1-6H3,(H,50,57)(H,63,64)(H,51,56,58)/t34-,37?,39-/m0/s1. The average molecular weight is 922 g/mol. The highest BCUT2D eigenvalue weighted by atomic mass is 31.2. The molecule has 17 nitrogen and oxygen atoms in total. The molecule has 0 aliphatic carbocycles. The zero-order chi connectivity index (χ0) is 47.4. The van der Waals surface area contributed by atoms with E-state index in [9.17, 15) is 43.0 Å². The minimum absolute atomic E-state index is 0.0514. The highest BCUT2D eigenvalue weighted by Crippen LogP contribution is 2.49. The molecule has 5 amide bonds. The van der Waals surface area contributed by atoms with Crippen molar-refractivity contribution in [1.29, 1.82) is 0 Å². The lowest BCUT2D eigenvalue weighted by atomic mass is 9.95. The number of imidazole rings is 1. The summed E-state index contributed by atoms with van der Waals surface area (Å²) in [6, 6.07) is 13.5. The van der Waals surface area contributed by atoms with Gasteiger partial charge in [0.15, 0.2) is 0 Å². The molecule has 0 radical (unpaired) electrons. The fraction of sp³-hybridized carbons (Fsp3) is 0.438. The van der Waals surface area contributed by atoms with Gasteiger partial charge in [-0.3, -0.25) is 57.2 Å². The SMILES string of the molecule is CN(C)C(=O)[C@@H]1Cc2cc(CCCCCCc3ccc4c(c3)n(C)c(=O)n4C3CCC(=O)NC3=O)cc3c2N1C(=O)[C@@H](NC(=O)c1cc2cc(C(=O)P(=O)(O)OC(C)(C)C)ccc2[nH]1)CC3. The largest absolute Gasteiger partial charge is 0.399 e. The van der Waals surface area contributed by atoms with Crippen molar-refractivity contribution in [2.24, 2.45) is 7.05 Å². The molecule has 4 atom stereocenters. The summed E-state index contributed by atoms with van der Waals surface area (Å²) in [7, 11) is 0.356. The number of fused-ring (bicyclic) bond motifs is 2. The number of imide groups is 1. The normalized spacial score (nSPS) is 19.4. The van der Waals surface area contributed by atoms with Crippen molar-refractivity contribution in [3.8, 4) is 0 Å². The molecule has 5 heterocycles.